The Bertz CT molecular complexity index is 676. The smallest absolute Gasteiger partial charge is 0.261 e. The van der Waals surface area contributed by atoms with Crippen LogP contribution in [0.2, 0.25) is 10.0 Å². The van der Waals surface area contributed by atoms with E-state index in [0.717, 1.165) is 6.07 Å². The number of benzene rings is 2. The van der Waals surface area contributed by atoms with E-state index >= 15 is 0 Å². The van der Waals surface area contributed by atoms with Gasteiger partial charge in [0.15, 0.2) is 0 Å². The van der Waals surface area contributed by atoms with Gasteiger partial charge in [-0.3, -0.25) is 4.79 Å². The number of carbonyl (C=O) groups is 1. The van der Waals surface area contributed by atoms with E-state index in [1.165, 1.54) is 30.1 Å². The van der Waals surface area contributed by atoms with Crippen LogP contribution in [0.15, 0.2) is 36.4 Å². The topological polar surface area (TPSA) is 46.3 Å². The summed E-state index contributed by atoms with van der Waals surface area (Å²) >= 11 is 11.7. The second-order valence-electron chi connectivity index (χ2n) is 4.19. The minimum atomic E-state index is -0.646. The van der Waals surface area contributed by atoms with Crippen molar-refractivity contribution in [3.63, 3.8) is 0 Å². The summed E-state index contributed by atoms with van der Waals surface area (Å²) in [6.07, 6.45) is 0. The van der Waals surface area contributed by atoms with Gasteiger partial charge in [-0.1, -0.05) is 23.2 Å². The van der Waals surface area contributed by atoms with Crippen LogP contribution >= 0.6 is 23.2 Å². The lowest BCUT2D eigenvalue weighted by Gasteiger charge is -2.20. The fraction of sp³-hybridized carbons (Fsp3) is 0.0714. The van der Waals surface area contributed by atoms with Gasteiger partial charge in [-0.05, 0) is 36.4 Å². The van der Waals surface area contributed by atoms with E-state index in [1.54, 1.807) is 12.1 Å². The fourth-order valence-corrected chi connectivity index (χ4v) is 2.10. The molecule has 104 valence electrons. The molecule has 2 N–H and O–H groups in total. The molecule has 0 aliphatic heterocycles. The summed E-state index contributed by atoms with van der Waals surface area (Å²) in [5.74, 6) is -1.20. The molecule has 0 fully saturated rings. The molecule has 20 heavy (non-hydrogen) atoms. The standard InChI is InChI=1S/C14H11Cl2FN2O/c1-19(13-7-9(16)3-5-12(13)18)14(20)10-6-8(15)2-4-11(10)17/h2-7H,18H2,1H3. The van der Waals surface area contributed by atoms with E-state index in [2.05, 4.69) is 0 Å². The third-order valence-electron chi connectivity index (χ3n) is 2.82. The van der Waals surface area contributed by atoms with Crippen LogP contribution in [0.3, 0.4) is 0 Å². The van der Waals surface area contributed by atoms with Gasteiger partial charge in [0.2, 0.25) is 0 Å². The highest BCUT2D eigenvalue weighted by molar-refractivity contribution is 6.31. The van der Waals surface area contributed by atoms with Crippen LogP contribution in [-0.4, -0.2) is 13.0 Å². The van der Waals surface area contributed by atoms with E-state index in [1.807, 2.05) is 0 Å². The molecule has 2 aromatic rings. The van der Waals surface area contributed by atoms with Crippen LogP contribution in [0.5, 0.6) is 0 Å². The predicted molar refractivity (Wildman–Crippen MR) is 80.0 cm³/mol. The van der Waals surface area contributed by atoms with E-state index in [-0.39, 0.29) is 10.6 Å². The highest BCUT2D eigenvalue weighted by atomic mass is 35.5. The van der Waals surface area contributed by atoms with Gasteiger partial charge in [-0.2, -0.15) is 0 Å². The van der Waals surface area contributed by atoms with Crippen molar-refractivity contribution in [3.05, 3.63) is 57.8 Å². The SMILES string of the molecule is CN(C(=O)c1cc(Cl)ccc1F)c1cc(Cl)ccc1N. The highest BCUT2D eigenvalue weighted by Gasteiger charge is 2.19. The summed E-state index contributed by atoms with van der Waals surface area (Å²) in [6, 6.07) is 8.52. The lowest BCUT2D eigenvalue weighted by Crippen LogP contribution is -2.27. The van der Waals surface area contributed by atoms with Crippen molar-refractivity contribution in [1.82, 2.24) is 0 Å². The molecule has 1 amide bonds. The Balaban J connectivity index is 2.42. The molecule has 0 atom stereocenters. The van der Waals surface area contributed by atoms with Crippen molar-refractivity contribution in [3.8, 4) is 0 Å². The number of carbonyl (C=O) groups excluding carboxylic acids is 1. The molecular weight excluding hydrogens is 302 g/mol. The number of nitrogens with two attached hydrogens (primary N) is 1. The Kier molecular flexibility index (Phi) is 4.16. The predicted octanol–water partition coefficient (Wildman–Crippen LogP) is 3.99. The Morgan fingerprint density at radius 3 is 2.45 bits per heavy atom. The molecule has 0 saturated carbocycles. The van der Waals surface area contributed by atoms with Crippen LogP contribution < -0.4 is 10.6 Å². The summed E-state index contributed by atoms with van der Waals surface area (Å²) < 4.78 is 13.7. The number of nitrogens with zero attached hydrogens (tertiary/aromatic N) is 1. The van der Waals surface area contributed by atoms with Crippen molar-refractivity contribution in [2.75, 3.05) is 17.7 Å². The first-order valence-electron chi connectivity index (χ1n) is 5.68. The normalized spacial score (nSPS) is 10.4. The number of hydrogen-bond donors (Lipinski definition) is 1. The second-order valence-corrected chi connectivity index (χ2v) is 5.06. The first kappa shape index (κ1) is 14.6. The maximum atomic E-state index is 13.7. The third kappa shape index (κ3) is 2.86. The minimum absolute atomic E-state index is 0.126. The molecule has 0 radical (unpaired) electrons. The molecule has 0 saturated heterocycles. The number of halogens is 3. The molecule has 0 bridgehead atoms. The largest absolute Gasteiger partial charge is 0.397 e. The first-order chi connectivity index (χ1) is 9.40. The Labute approximate surface area is 125 Å². The molecule has 0 aliphatic rings. The maximum absolute atomic E-state index is 13.7. The number of hydrogen-bond acceptors (Lipinski definition) is 2. The van der Waals surface area contributed by atoms with E-state index in [9.17, 15) is 9.18 Å². The summed E-state index contributed by atoms with van der Waals surface area (Å²) in [6.45, 7) is 0. The summed E-state index contributed by atoms with van der Waals surface area (Å²) in [5.41, 5.74) is 6.45. The van der Waals surface area contributed by atoms with Gasteiger partial charge >= 0.3 is 0 Å². The molecular formula is C14H11Cl2FN2O. The number of amides is 1. The van der Waals surface area contributed by atoms with E-state index in [0.29, 0.717) is 16.4 Å². The monoisotopic (exact) mass is 312 g/mol. The van der Waals surface area contributed by atoms with Crippen LogP contribution in [-0.2, 0) is 0 Å². The van der Waals surface area contributed by atoms with Gasteiger partial charge < -0.3 is 10.6 Å². The van der Waals surface area contributed by atoms with Crippen molar-refractivity contribution in [2.45, 2.75) is 0 Å². The summed E-state index contributed by atoms with van der Waals surface area (Å²) in [5, 5.41) is 0.711. The lowest BCUT2D eigenvalue weighted by atomic mass is 10.1. The van der Waals surface area contributed by atoms with Gasteiger partial charge in [-0.15, -0.1) is 0 Å². The fourth-order valence-electron chi connectivity index (χ4n) is 1.76. The molecule has 0 aromatic heterocycles. The molecule has 0 aliphatic carbocycles. The van der Waals surface area contributed by atoms with Gasteiger partial charge in [0.05, 0.1) is 16.9 Å². The zero-order valence-electron chi connectivity index (χ0n) is 10.5. The molecule has 3 nitrogen and oxygen atoms in total. The average molecular weight is 313 g/mol. The van der Waals surface area contributed by atoms with Gasteiger partial charge in [-0.25, -0.2) is 4.39 Å². The average Bonchev–Trinajstić information content (AvgIpc) is 2.42. The zero-order valence-corrected chi connectivity index (χ0v) is 12.0. The molecule has 2 aromatic carbocycles. The van der Waals surface area contributed by atoms with Crippen molar-refractivity contribution in [2.24, 2.45) is 0 Å². The number of nitrogen functional groups attached to an aromatic ring is 1. The van der Waals surface area contributed by atoms with Gasteiger partial charge in [0.25, 0.3) is 5.91 Å². The van der Waals surface area contributed by atoms with Gasteiger partial charge in [0, 0.05) is 17.1 Å². The Morgan fingerprint density at radius 1 is 1.15 bits per heavy atom. The third-order valence-corrected chi connectivity index (χ3v) is 3.29. The molecule has 6 heteroatoms. The minimum Gasteiger partial charge on any atom is -0.397 e. The van der Waals surface area contributed by atoms with Crippen LogP contribution in [0.4, 0.5) is 15.8 Å². The second kappa shape index (κ2) is 5.69. The summed E-state index contributed by atoms with van der Waals surface area (Å²) in [7, 11) is 1.49. The Hall–Kier alpha value is -1.78. The number of anilines is 2. The highest BCUT2D eigenvalue weighted by Crippen LogP contribution is 2.28. The van der Waals surface area contributed by atoms with Crippen molar-refractivity contribution >= 4 is 40.5 Å². The van der Waals surface area contributed by atoms with Gasteiger partial charge in [0.1, 0.15) is 5.82 Å². The number of rotatable bonds is 2. The lowest BCUT2D eigenvalue weighted by molar-refractivity contribution is 0.0989. The molecule has 0 heterocycles. The van der Waals surface area contributed by atoms with E-state index in [4.69, 9.17) is 28.9 Å². The van der Waals surface area contributed by atoms with Crippen molar-refractivity contribution in [1.29, 1.82) is 0 Å². The zero-order chi connectivity index (χ0) is 14.9. The Morgan fingerprint density at radius 2 is 1.75 bits per heavy atom. The first-order valence-corrected chi connectivity index (χ1v) is 6.44. The molecule has 0 unspecified atom stereocenters. The maximum Gasteiger partial charge on any atom is 0.261 e. The van der Waals surface area contributed by atoms with Crippen molar-refractivity contribution < 1.29 is 9.18 Å². The van der Waals surface area contributed by atoms with Crippen LogP contribution in [0.25, 0.3) is 0 Å². The summed E-state index contributed by atoms with van der Waals surface area (Å²) in [4.78, 5) is 13.5. The molecule has 2 rings (SSSR count). The van der Waals surface area contributed by atoms with Crippen LogP contribution in [0.1, 0.15) is 10.4 Å². The quantitative estimate of drug-likeness (QED) is 0.852. The molecule has 0 spiro atoms. The van der Waals surface area contributed by atoms with Crippen LogP contribution in [0, 0.1) is 5.82 Å². The van der Waals surface area contributed by atoms with E-state index < -0.39 is 11.7 Å².